The summed E-state index contributed by atoms with van der Waals surface area (Å²) >= 11 is 1.78. The third kappa shape index (κ3) is 2.42. The van der Waals surface area contributed by atoms with Crippen molar-refractivity contribution in [1.29, 1.82) is 5.26 Å². The maximum atomic E-state index is 9.61. The highest BCUT2D eigenvalue weighted by Gasteiger charge is 2.36. The van der Waals surface area contributed by atoms with Crippen molar-refractivity contribution in [2.45, 2.75) is 50.0 Å². The van der Waals surface area contributed by atoms with Crippen molar-refractivity contribution in [1.82, 2.24) is 0 Å². The van der Waals surface area contributed by atoms with Crippen LogP contribution in [0.2, 0.25) is 0 Å². The summed E-state index contributed by atoms with van der Waals surface area (Å²) in [5.74, 6) is 1.88. The van der Waals surface area contributed by atoms with Gasteiger partial charge in [0, 0.05) is 17.5 Å². The first-order valence-electron chi connectivity index (χ1n) is 7.77. The van der Waals surface area contributed by atoms with E-state index in [4.69, 9.17) is 0 Å². The molecule has 20 heavy (non-hydrogen) atoms. The van der Waals surface area contributed by atoms with Gasteiger partial charge in [-0.2, -0.15) is 5.26 Å². The fourth-order valence-electron chi connectivity index (χ4n) is 3.90. The van der Waals surface area contributed by atoms with E-state index in [0.29, 0.717) is 6.04 Å². The quantitative estimate of drug-likeness (QED) is 0.769. The predicted octanol–water partition coefficient (Wildman–Crippen LogP) is 4.44. The zero-order valence-corrected chi connectivity index (χ0v) is 13.0. The van der Waals surface area contributed by atoms with Crippen molar-refractivity contribution < 1.29 is 0 Å². The lowest BCUT2D eigenvalue weighted by atomic mass is 9.91. The standard InChI is InChI=1S/C17H22N2S/c1-2-20-17-10-4-9-16(14(17)12-18)19-11-5-7-13-6-3-8-15(13)19/h4,9-10,13,15H,2-3,5-8,11H2,1H3. The molecule has 2 aliphatic rings. The van der Waals surface area contributed by atoms with E-state index in [9.17, 15) is 5.26 Å². The first-order chi connectivity index (χ1) is 9.85. The molecule has 2 fully saturated rings. The number of nitriles is 1. The Kier molecular flexibility index (Phi) is 4.21. The summed E-state index contributed by atoms with van der Waals surface area (Å²) in [6.45, 7) is 3.27. The first kappa shape index (κ1) is 13.8. The Bertz CT molecular complexity index is 520. The van der Waals surface area contributed by atoms with Gasteiger partial charge in [-0.05, 0) is 49.5 Å². The average molecular weight is 286 g/mol. The van der Waals surface area contributed by atoms with Gasteiger partial charge in [0.2, 0.25) is 0 Å². The number of hydrogen-bond donors (Lipinski definition) is 0. The first-order valence-corrected chi connectivity index (χ1v) is 8.76. The summed E-state index contributed by atoms with van der Waals surface area (Å²) in [6.07, 6.45) is 6.70. The second-order valence-electron chi connectivity index (χ2n) is 5.79. The van der Waals surface area contributed by atoms with Crippen LogP contribution in [0.1, 0.15) is 44.6 Å². The van der Waals surface area contributed by atoms with Crippen LogP contribution in [0.3, 0.4) is 0 Å². The Morgan fingerprint density at radius 1 is 1.30 bits per heavy atom. The van der Waals surface area contributed by atoms with Crippen molar-refractivity contribution >= 4 is 17.4 Å². The zero-order chi connectivity index (χ0) is 13.9. The molecule has 0 amide bonds. The average Bonchev–Trinajstić information content (AvgIpc) is 2.95. The number of anilines is 1. The molecular formula is C17H22N2S. The van der Waals surface area contributed by atoms with Gasteiger partial charge in [-0.15, -0.1) is 11.8 Å². The molecular weight excluding hydrogens is 264 g/mol. The lowest BCUT2D eigenvalue weighted by molar-refractivity contribution is 0.362. The molecule has 1 heterocycles. The van der Waals surface area contributed by atoms with Gasteiger partial charge in [0.25, 0.3) is 0 Å². The topological polar surface area (TPSA) is 27.0 Å². The largest absolute Gasteiger partial charge is 0.367 e. The maximum absolute atomic E-state index is 9.61. The minimum atomic E-state index is 0.678. The highest BCUT2D eigenvalue weighted by atomic mass is 32.2. The summed E-state index contributed by atoms with van der Waals surface area (Å²) in [7, 11) is 0. The van der Waals surface area contributed by atoms with Crippen LogP contribution in [-0.2, 0) is 0 Å². The monoisotopic (exact) mass is 286 g/mol. The molecule has 2 atom stereocenters. The van der Waals surface area contributed by atoms with Crippen LogP contribution >= 0.6 is 11.8 Å². The van der Waals surface area contributed by atoms with Crippen molar-refractivity contribution in [2.75, 3.05) is 17.2 Å². The molecule has 0 radical (unpaired) electrons. The molecule has 1 aliphatic heterocycles. The number of hydrogen-bond acceptors (Lipinski definition) is 3. The SMILES string of the molecule is CCSc1cccc(N2CCCC3CCCC32)c1C#N. The Morgan fingerprint density at radius 2 is 2.15 bits per heavy atom. The fourth-order valence-corrected chi connectivity index (χ4v) is 4.68. The number of fused-ring (bicyclic) bond motifs is 1. The third-order valence-corrected chi connectivity index (χ3v) is 5.66. The Morgan fingerprint density at radius 3 is 2.95 bits per heavy atom. The van der Waals surface area contributed by atoms with E-state index in [1.807, 2.05) is 0 Å². The highest BCUT2D eigenvalue weighted by molar-refractivity contribution is 7.99. The zero-order valence-electron chi connectivity index (χ0n) is 12.1. The number of piperidine rings is 1. The van der Waals surface area contributed by atoms with Crippen LogP contribution in [0.4, 0.5) is 5.69 Å². The summed E-state index contributed by atoms with van der Waals surface area (Å²) in [5.41, 5.74) is 2.08. The predicted molar refractivity (Wildman–Crippen MR) is 85.3 cm³/mol. The van der Waals surface area contributed by atoms with Gasteiger partial charge in [-0.25, -0.2) is 0 Å². The molecule has 3 heteroatoms. The van der Waals surface area contributed by atoms with Crippen molar-refractivity contribution in [2.24, 2.45) is 5.92 Å². The fraction of sp³-hybridized carbons (Fsp3) is 0.588. The molecule has 0 spiro atoms. The van der Waals surface area contributed by atoms with Crippen LogP contribution in [-0.4, -0.2) is 18.3 Å². The molecule has 1 aliphatic carbocycles. The van der Waals surface area contributed by atoms with Crippen molar-refractivity contribution in [3.63, 3.8) is 0 Å². The molecule has 1 saturated carbocycles. The Labute approximate surface area is 126 Å². The minimum Gasteiger partial charge on any atom is -0.367 e. The maximum Gasteiger partial charge on any atom is 0.103 e. The second kappa shape index (κ2) is 6.10. The van der Waals surface area contributed by atoms with E-state index in [2.05, 4.69) is 36.1 Å². The molecule has 2 nitrogen and oxygen atoms in total. The van der Waals surface area contributed by atoms with Crippen molar-refractivity contribution in [3.8, 4) is 6.07 Å². The van der Waals surface area contributed by atoms with Crippen LogP contribution in [0, 0.1) is 17.2 Å². The van der Waals surface area contributed by atoms with Gasteiger partial charge in [0.1, 0.15) is 6.07 Å². The molecule has 0 aromatic heterocycles. The van der Waals surface area contributed by atoms with Gasteiger partial charge < -0.3 is 4.90 Å². The molecule has 1 aromatic rings. The Hall–Kier alpha value is -1.14. The number of nitrogens with zero attached hydrogens (tertiary/aromatic N) is 2. The molecule has 3 rings (SSSR count). The van der Waals surface area contributed by atoms with Gasteiger partial charge in [0.05, 0.1) is 11.3 Å². The molecule has 0 N–H and O–H groups in total. The van der Waals surface area contributed by atoms with E-state index in [1.54, 1.807) is 11.8 Å². The van der Waals surface area contributed by atoms with Crippen LogP contribution < -0.4 is 4.90 Å². The molecule has 1 aromatic carbocycles. The second-order valence-corrected chi connectivity index (χ2v) is 7.09. The van der Waals surface area contributed by atoms with Crippen LogP contribution in [0.5, 0.6) is 0 Å². The Balaban J connectivity index is 1.96. The minimum absolute atomic E-state index is 0.678. The van der Waals surface area contributed by atoms with Gasteiger partial charge in [0.15, 0.2) is 0 Å². The molecule has 2 unspecified atom stereocenters. The van der Waals surface area contributed by atoms with Gasteiger partial charge in [-0.3, -0.25) is 0 Å². The number of rotatable bonds is 3. The number of benzene rings is 1. The number of thioether (sulfide) groups is 1. The van der Waals surface area contributed by atoms with E-state index in [-0.39, 0.29) is 0 Å². The normalized spacial score (nSPS) is 25.3. The lowest BCUT2D eigenvalue weighted by Crippen LogP contribution is -2.43. The van der Waals surface area contributed by atoms with Crippen LogP contribution in [0.25, 0.3) is 0 Å². The summed E-state index contributed by atoms with van der Waals surface area (Å²) in [4.78, 5) is 3.69. The molecule has 106 valence electrons. The third-order valence-electron chi connectivity index (χ3n) is 4.72. The van der Waals surface area contributed by atoms with Gasteiger partial charge >= 0.3 is 0 Å². The summed E-state index contributed by atoms with van der Waals surface area (Å²) in [5, 5.41) is 9.61. The molecule has 0 bridgehead atoms. The smallest absolute Gasteiger partial charge is 0.103 e. The molecule has 1 saturated heterocycles. The van der Waals surface area contributed by atoms with E-state index in [0.717, 1.165) is 28.7 Å². The summed E-state index contributed by atoms with van der Waals surface area (Å²) in [6, 6.07) is 9.50. The summed E-state index contributed by atoms with van der Waals surface area (Å²) < 4.78 is 0. The lowest BCUT2D eigenvalue weighted by Gasteiger charge is -2.40. The van der Waals surface area contributed by atoms with E-state index in [1.165, 1.54) is 37.8 Å². The van der Waals surface area contributed by atoms with Crippen molar-refractivity contribution in [3.05, 3.63) is 23.8 Å². The van der Waals surface area contributed by atoms with E-state index >= 15 is 0 Å². The van der Waals surface area contributed by atoms with Crippen LogP contribution in [0.15, 0.2) is 23.1 Å². The van der Waals surface area contributed by atoms with Gasteiger partial charge in [-0.1, -0.05) is 19.4 Å². The highest BCUT2D eigenvalue weighted by Crippen LogP contribution is 2.41. The van der Waals surface area contributed by atoms with E-state index < -0.39 is 0 Å².